The zero-order chi connectivity index (χ0) is 23.6. The number of unbranched alkanes of at least 4 members (excludes halogenated alkanes) is 2. The number of rotatable bonds is 10. The van der Waals surface area contributed by atoms with Gasteiger partial charge in [0.25, 0.3) is 5.91 Å². The zero-order valence-electron chi connectivity index (χ0n) is 18.7. The first-order chi connectivity index (χ1) is 16.7. The van der Waals surface area contributed by atoms with Gasteiger partial charge in [0, 0.05) is 53.1 Å². The first kappa shape index (κ1) is 23.3. The lowest BCUT2D eigenvalue weighted by molar-refractivity contribution is -0.116. The summed E-state index contributed by atoms with van der Waals surface area (Å²) in [6.07, 6.45) is 6.44. The van der Waals surface area contributed by atoms with Crippen molar-refractivity contribution in [1.82, 2.24) is 15.3 Å². The van der Waals surface area contributed by atoms with E-state index in [4.69, 9.17) is 4.98 Å². The van der Waals surface area contributed by atoms with Crippen LogP contribution in [0.2, 0.25) is 0 Å². The van der Waals surface area contributed by atoms with Gasteiger partial charge in [-0.25, -0.2) is 4.98 Å². The van der Waals surface area contributed by atoms with Crippen LogP contribution in [0.15, 0.2) is 84.5 Å². The molecule has 0 aliphatic carbocycles. The standard InChI is InChI=1S/C27H26N4O2S/c32-25(12-5-2-6-15-29-26(33)20-8-3-1-4-9-20)30-23-11-7-10-22(18-23)24-19-34-27(31-24)21-13-16-28-17-14-21/h1,3-4,7-11,13-14,16-19H,2,5-6,12,15H2,(H,29,33)(H,30,32). The first-order valence-electron chi connectivity index (χ1n) is 11.3. The maximum Gasteiger partial charge on any atom is 0.251 e. The fourth-order valence-corrected chi connectivity index (χ4v) is 4.33. The summed E-state index contributed by atoms with van der Waals surface area (Å²) in [5, 5.41) is 8.85. The quantitative estimate of drug-likeness (QED) is 0.287. The minimum absolute atomic E-state index is 0.0128. The predicted octanol–water partition coefficient (Wildman–Crippen LogP) is 5.80. The molecule has 0 bridgehead atoms. The van der Waals surface area contributed by atoms with Crippen LogP contribution in [0, 0.1) is 0 Å². The van der Waals surface area contributed by atoms with E-state index in [1.54, 1.807) is 35.9 Å². The number of benzene rings is 2. The number of pyridine rings is 1. The van der Waals surface area contributed by atoms with Crippen LogP contribution in [0.4, 0.5) is 5.69 Å². The molecule has 6 nitrogen and oxygen atoms in total. The second-order valence-corrected chi connectivity index (χ2v) is 8.69. The Morgan fingerprint density at radius 3 is 2.50 bits per heavy atom. The van der Waals surface area contributed by atoms with Crippen LogP contribution in [0.1, 0.15) is 36.0 Å². The largest absolute Gasteiger partial charge is 0.352 e. The van der Waals surface area contributed by atoms with Gasteiger partial charge in [0.15, 0.2) is 0 Å². The van der Waals surface area contributed by atoms with E-state index in [1.807, 2.05) is 60.0 Å². The van der Waals surface area contributed by atoms with Crippen molar-refractivity contribution >= 4 is 28.8 Å². The summed E-state index contributed by atoms with van der Waals surface area (Å²) in [5.74, 6) is -0.0764. The van der Waals surface area contributed by atoms with E-state index in [9.17, 15) is 9.59 Å². The number of anilines is 1. The Bertz CT molecular complexity index is 1230. The molecule has 2 aromatic carbocycles. The lowest BCUT2D eigenvalue weighted by Gasteiger charge is -2.07. The number of nitrogens with zero attached hydrogens (tertiary/aromatic N) is 2. The van der Waals surface area contributed by atoms with Gasteiger partial charge in [-0.05, 0) is 49.2 Å². The predicted molar refractivity (Wildman–Crippen MR) is 137 cm³/mol. The highest BCUT2D eigenvalue weighted by Gasteiger charge is 2.09. The molecule has 2 aromatic heterocycles. The van der Waals surface area contributed by atoms with Gasteiger partial charge in [0.1, 0.15) is 5.01 Å². The van der Waals surface area contributed by atoms with Crippen LogP contribution >= 0.6 is 11.3 Å². The second kappa shape index (κ2) is 11.9. The third kappa shape index (κ3) is 6.59. The molecule has 4 aromatic rings. The van der Waals surface area contributed by atoms with E-state index in [0.717, 1.165) is 46.8 Å². The fourth-order valence-electron chi connectivity index (χ4n) is 3.49. The van der Waals surface area contributed by atoms with Crippen molar-refractivity contribution in [2.45, 2.75) is 25.7 Å². The summed E-state index contributed by atoms with van der Waals surface area (Å²) in [6.45, 7) is 0.604. The van der Waals surface area contributed by atoms with Gasteiger partial charge in [-0.3, -0.25) is 14.6 Å². The molecule has 0 aliphatic rings. The summed E-state index contributed by atoms with van der Waals surface area (Å²) < 4.78 is 0. The smallest absolute Gasteiger partial charge is 0.251 e. The molecule has 0 saturated heterocycles. The fraction of sp³-hybridized carbons (Fsp3) is 0.185. The van der Waals surface area contributed by atoms with Crippen LogP contribution in [0.5, 0.6) is 0 Å². The number of carbonyl (C=O) groups is 2. The molecular weight excluding hydrogens is 444 g/mol. The highest BCUT2D eigenvalue weighted by atomic mass is 32.1. The van der Waals surface area contributed by atoms with Crippen LogP contribution in [-0.4, -0.2) is 28.3 Å². The van der Waals surface area contributed by atoms with Crippen LogP contribution < -0.4 is 10.6 Å². The lowest BCUT2D eigenvalue weighted by atomic mass is 10.1. The zero-order valence-corrected chi connectivity index (χ0v) is 19.6. The van der Waals surface area contributed by atoms with E-state index in [0.29, 0.717) is 18.5 Å². The number of thiazole rings is 1. The van der Waals surface area contributed by atoms with Crippen molar-refractivity contribution < 1.29 is 9.59 Å². The third-order valence-corrected chi connectivity index (χ3v) is 6.17. The number of carbonyl (C=O) groups excluding carboxylic acids is 2. The average Bonchev–Trinajstić information content (AvgIpc) is 3.38. The minimum Gasteiger partial charge on any atom is -0.352 e. The Morgan fingerprint density at radius 2 is 1.68 bits per heavy atom. The van der Waals surface area contributed by atoms with Gasteiger partial charge in [0.05, 0.1) is 5.69 Å². The van der Waals surface area contributed by atoms with E-state index < -0.39 is 0 Å². The third-order valence-electron chi connectivity index (χ3n) is 5.28. The molecule has 0 aliphatic heterocycles. The summed E-state index contributed by atoms with van der Waals surface area (Å²) in [7, 11) is 0. The molecule has 0 atom stereocenters. The molecule has 2 N–H and O–H groups in total. The number of aromatic nitrogens is 2. The van der Waals surface area contributed by atoms with Crippen molar-refractivity contribution in [3.8, 4) is 21.8 Å². The molecule has 0 unspecified atom stereocenters. The summed E-state index contributed by atoms with van der Waals surface area (Å²) in [4.78, 5) is 33.2. The minimum atomic E-state index is -0.0637. The Kier molecular flexibility index (Phi) is 8.13. The SMILES string of the molecule is O=C(CCCCCNC(=O)c1ccccc1)Nc1cccc(-c2csc(-c3ccncc3)n2)c1. The summed E-state index contributed by atoms with van der Waals surface area (Å²) >= 11 is 1.58. The van der Waals surface area contributed by atoms with Crippen molar-refractivity contribution in [3.63, 3.8) is 0 Å². The molecule has 172 valence electrons. The highest BCUT2D eigenvalue weighted by Crippen LogP contribution is 2.29. The molecule has 0 fully saturated rings. The van der Waals surface area contributed by atoms with Gasteiger partial charge < -0.3 is 10.6 Å². The van der Waals surface area contributed by atoms with E-state index >= 15 is 0 Å². The summed E-state index contributed by atoms with van der Waals surface area (Å²) in [5.41, 5.74) is 4.30. The van der Waals surface area contributed by atoms with Crippen molar-refractivity contribution in [2.75, 3.05) is 11.9 Å². The molecule has 2 amide bonds. The molecular formula is C27H26N4O2S. The maximum atomic E-state index is 12.4. The molecule has 0 spiro atoms. The maximum absolute atomic E-state index is 12.4. The summed E-state index contributed by atoms with van der Waals surface area (Å²) in [6, 6.07) is 20.8. The second-order valence-electron chi connectivity index (χ2n) is 7.84. The van der Waals surface area contributed by atoms with Crippen molar-refractivity contribution in [2.24, 2.45) is 0 Å². The topological polar surface area (TPSA) is 84.0 Å². The molecule has 34 heavy (non-hydrogen) atoms. The number of nitrogens with one attached hydrogen (secondary N) is 2. The van der Waals surface area contributed by atoms with E-state index in [-0.39, 0.29) is 11.8 Å². The van der Waals surface area contributed by atoms with Gasteiger partial charge in [0.2, 0.25) is 5.91 Å². The Morgan fingerprint density at radius 1 is 0.853 bits per heavy atom. The van der Waals surface area contributed by atoms with Gasteiger partial charge >= 0.3 is 0 Å². The number of hydrogen-bond donors (Lipinski definition) is 2. The molecule has 2 heterocycles. The monoisotopic (exact) mass is 470 g/mol. The van der Waals surface area contributed by atoms with Gasteiger partial charge in [-0.2, -0.15) is 0 Å². The Hall–Kier alpha value is -3.84. The highest BCUT2D eigenvalue weighted by molar-refractivity contribution is 7.13. The van der Waals surface area contributed by atoms with Crippen molar-refractivity contribution in [1.29, 1.82) is 0 Å². The van der Waals surface area contributed by atoms with Crippen LogP contribution in [0.25, 0.3) is 21.8 Å². The average molecular weight is 471 g/mol. The number of amides is 2. The van der Waals surface area contributed by atoms with Crippen LogP contribution in [-0.2, 0) is 4.79 Å². The normalized spacial score (nSPS) is 10.6. The lowest BCUT2D eigenvalue weighted by Crippen LogP contribution is -2.24. The van der Waals surface area contributed by atoms with Crippen LogP contribution in [0.3, 0.4) is 0 Å². The van der Waals surface area contributed by atoms with Gasteiger partial charge in [-0.15, -0.1) is 11.3 Å². The molecule has 0 radical (unpaired) electrons. The molecule has 0 saturated carbocycles. The van der Waals surface area contributed by atoms with Crippen molar-refractivity contribution in [3.05, 3.63) is 90.1 Å². The number of hydrogen-bond acceptors (Lipinski definition) is 5. The molecule has 4 rings (SSSR count). The molecule has 7 heteroatoms. The Balaban J connectivity index is 1.20. The van der Waals surface area contributed by atoms with E-state index in [2.05, 4.69) is 15.6 Å². The van der Waals surface area contributed by atoms with E-state index in [1.165, 1.54) is 0 Å². The first-order valence-corrected chi connectivity index (χ1v) is 12.2. The Labute approximate surface area is 203 Å². The van der Waals surface area contributed by atoms with Gasteiger partial charge in [-0.1, -0.05) is 36.8 Å².